The van der Waals surface area contributed by atoms with Gasteiger partial charge in [-0.15, -0.1) is 0 Å². The quantitative estimate of drug-likeness (QED) is 0.797. The van der Waals surface area contributed by atoms with Gasteiger partial charge in [0.15, 0.2) is 0 Å². The van der Waals surface area contributed by atoms with Crippen molar-refractivity contribution in [3.8, 4) is 11.8 Å². The first-order chi connectivity index (χ1) is 11.2. The Bertz CT molecular complexity index is 740. The highest BCUT2D eigenvalue weighted by molar-refractivity contribution is 8.22. The zero-order valence-electron chi connectivity index (χ0n) is 13.0. The molecule has 1 aliphatic heterocycles. The van der Waals surface area contributed by atoms with E-state index >= 15 is 0 Å². The molecule has 0 spiro atoms. The molecule has 1 aromatic carbocycles. The van der Waals surface area contributed by atoms with Gasteiger partial charge in [-0.2, -0.15) is 10.4 Å². The number of hydrogen-bond donors (Lipinski definition) is 0. The molecule has 23 heavy (non-hydrogen) atoms. The molecule has 1 aliphatic rings. The van der Waals surface area contributed by atoms with Crippen LogP contribution < -0.4 is 0 Å². The van der Waals surface area contributed by atoms with Crippen molar-refractivity contribution in [2.45, 2.75) is 25.5 Å². The van der Waals surface area contributed by atoms with Crippen LogP contribution >= 0.6 is 24.0 Å². The highest BCUT2D eigenvalue weighted by Crippen LogP contribution is 2.25. The summed E-state index contributed by atoms with van der Waals surface area (Å²) in [7, 11) is 0. The van der Waals surface area contributed by atoms with Crippen LogP contribution in [-0.2, 0) is 5.75 Å². The third kappa shape index (κ3) is 3.41. The summed E-state index contributed by atoms with van der Waals surface area (Å²) < 4.78 is 2.79. The fraction of sp³-hybridized carbons (Fsp3) is 0.353. The van der Waals surface area contributed by atoms with Gasteiger partial charge in [-0.1, -0.05) is 42.2 Å². The fourth-order valence-electron chi connectivity index (χ4n) is 2.76. The second-order valence-corrected chi connectivity index (χ2v) is 7.12. The van der Waals surface area contributed by atoms with E-state index in [9.17, 15) is 5.26 Å². The predicted molar refractivity (Wildman–Crippen MR) is 97.7 cm³/mol. The van der Waals surface area contributed by atoms with Crippen LogP contribution in [-0.4, -0.2) is 32.1 Å². The number of nitrogens with zero attached hydrogens (tertiary/aromatic N) is 4. The molecule has 1 fully saturated rings. The summed E-state index contributed by atoms with van der Waals surface area (Å²) in [5.41, 5.74) is 3.31. The Morgan fingerprint density at radius 3 is 2.65 bits per heavy atom. The number of thioether (sulfide) groups is 1. The minimum atomic E-state index is 0.658. The molecular formula is C17H18N4S2. The van der Waals surface area contributed by atoms with E-state index < -0.39 is 0 Å². The molecular weight excluding hydrogens is 324 g/mol. The first-order valence-corrected chi connectivity index (χ1v) is 9.06. The van der Waals surface area contributed by atoms with Crippen LogP contribution in [0.1, 0.15) is 29.8 Å². The van der Waals surface area contributed by atoms with E-state index in [1.807, 2.05) is 41.9 Å². The van der Waals surface area contributed by atoms with Crippen LogP contribution in [0.25, 0.3) is 5.69 Å². The summed E-state index contributed by atoms with van der Waals surface area (Å²) in [4.78, 5) is 2.25. The number of nitriles is 1. The van der Waals surface area contributed by atoms with Crippen LogP contribution in [0.15, 0.2) is 30.3 Å². The van der Waals surface area contributed by atoms with Gasteiger partial charge in [0.05, 0.1) is 22.6 Å². The van der Waals surface area contributed by atoms with Gasteiger partial charge in [0.2, 0.25) is 0 Å². The molecule has 118 valence electrons. The Morgan fingerprint density at radius 1 is 1.30 bits per heavy atom. The number of aromatic nitrogens is 2. The number of rotatable bonds is 3. The molecule has 2 heterocycles. The Morgan fingerprint density at radius 2 is 2.00 bits per heavy atom. The Hall–Kier alpha value is -1.84. The maximum atomic E-state index is 9.48. The number of thiocarbonyl (C=S) groups is 1. The zero-order chi connectivity index (χ0) is 16.2. The van der Waals surface area contributed by atoms with E-state index in [0.29, 0.717) is 11.3 Å². The first-order valence-electron chi connectivity index (χ1n) is 7.66. The molecule has 0 bridgehead atoms. The summed E-state index contributed by atoms with van der Waals surface area (Å²) >= 11 is 7.16. The third-order valence-electron chi connectivity index (χ3n) is 3.97. The van der Waals surface area contributed by atoms with Crippen LogP contribution in [0, 0.1) is 18.3 Å². The lowest BCUT2D eigenvalue weighted by molar-refractivity contribution is 0.539. The number of hydrogen-bond acceptors (Lipinski definition) is 4. The van der Waals surface area contributed by atoms with Gasteiger partial charge < -0.3 is 4.90 Å². The second-order valence-electron chi connectivity index (χ2n) is 5.51. The predicted octanol–water partition coefficient (Wildman–Crippen LogP) is 3.67. The monoisotopic (exact) mass is 342 g/mol. The van der Waals surface area contributed by atoms with E-state index in [0.717, 1.165) is 34.5 Å². The van der Waals surface area contributed by atoms with Crippen molar-refractivity contribution in [2.24, 2.45) is 0 Å². The van der Waals surface area contributed by atoms with Gasteiger partial charge in [0, 0.05) is 18.8 Å². The van der Waals surface area contributed by atoms with Crippen molar-refractivity contribution < 1.29 is 0 Å². The second kappa shape index (κ2) is 7.16. The fourth-order valence-corrected chi connectivity index (χ4v) is 4.01. The molecule has 0 atom stereocenters. The smallest absolute Gasteiger partial charge is 0.136 e. The average molecular weight is 342 g/mol. The van der Waals surface area contributed by atoms with Gasteiger partial charge in [-0.25, -0.2) is 4.68 Å². The van der Waals surface area contributed by atoms with Crippen molar-refractivity contribution in [3.05, 3.63) is 47.3 Å². The lowest BCUT2D eigenvalue weighted by Gasteiger charge is -2.17. The number of benzene rings is 1. The molecule has 1 saturated heterocycles. The molecule has 0 unspecified atom stereocenters. The molecule has 0 radical (unpaired) electrons. The third-order valence-corrected chi connectivity index (χ3v) is 5.50. The van der Waals surface area contributed by atoms with Crippen LogP contribution in [0.5, 0.6) is 0 Å². The molecule has 0 saturated carbocycles. The number of aryl methyl sites for hydroxylation is 1. The highest BCUT2D eigenvalue weighted by atomic mass is 32.2. The molecule has 4 nitrogen and oxygen atoms in total. The molecule has 3 rings (SSSR count). The van der Waals surface area contributed by atoms with E-state index in [4.69, 9.17) is 12.2 Å². The van der Waals surface area contributed by atoms with Crippen molar-refractivity contribution in [2.75, 3.05) is 13.1 Å². The van der Waals surface area contributed by atoms with Crippen molar-refractivity contribution >= 4 is 28.3 Å². The molecule has 0 aliphatic carbocycles. The molecule has 2 aromatic rings. The lowest BCUT2D eigenvalue weighted by Crippen LogP contribution is -2.23. The summed E-state index contributed by atoms with van der Waals surface area (Å²) in [6.07, 6.45) is 2.43. The Labute approximate surface area is 146 Å². The maximum absolute atomic E-state index is 9.48. The average Bonchev–Trinajstić information content (AvgIpc) is 3.21. The standard InChI is InChI=1S/C17H18N4S2/c1-13-15(11-18)16(12-23-17(22)20-9-5-6-10-20)21(19-13)14-7-3-2-4-8-14/h2-4,7-8H,5-6,9-10,12H2,1H3. The van der Waals surface area contributed by atoms with Crippen molar-refractivity contribution in [3.63, 3.8) is 0 Å². The SMILES string of the molecule is Cc1nn(-c2ccccc2)c(CSC(=S)N2CCCC2)c1C#N. The van der Waals surface area contributed by atoms with Gasteiger partial charge in [-0.3, -0.25) is 0 Å². The highest BCUT2D eigenvalue weighted by Gasteiger charge is 2.19. The Balaban J connectivity index is 1.85. The van der Waals surface area contributed by atoms with Crippen LogP contribution in [0.4, 0.5) is 0 Å². The molecule has 0 N–H and O–H groups in total. The van der Waals surface area contributed by atoms with Crippen molar-refractivity contribution in [1.82, 2.24) is 14.7 Å². The van der Waals surface area contributed by atoms with Gasteiger partial charge in [0.25, 0.3) is 0 Å². The molecule has 1 aromatic heterocycles. The van der Waals surface area contributed by atoms with E-state index in [-0.39, 0.29) is 0 Å². The summed E-state index contributed by atoms with van der Waals surface area (Å²) in [5.74, 6) is 0.661. The minimum absolute atomic E-state index is 0.658. The van der Waals surface area contributed by atoms with E-state index in [1.54, 1.807) is 11.8 Å². The maximum Gasteiger partial charge on any atom is 0.136 e. The number of likely N-dealkylation sites (tertiary alicyclic amines) is 1. The zero-order valence-corrected chi connectivity index (χ0v) is 14.7. The van der Waals surface area contributed by atoms with Gasteiger partial charge >= 0.3 is 0 Å². The van der Waals surface area contributed by atoms with Crippen LogP contribution in [0.3, 0.4) is 0 Å². The minimum Gasteiger partial charge on any atom is -0.358 e. The van der Waals surface area contributed by atoms with Gasteiger partial charge in [0.1, 0.15) is 10.4 Å². The number of para-hydroxylation sites is 1. The van der Waals surface area contributed by atoms with E-state index in [1.165, 1.54) is 12.8 Å². The van der Waals surface area contributed by atoms with E-state index in [2.05, 4.69) is 16.1 Å². The normalized spacial score (nSPS) is 14.0. The lowest BCUT2D eigenvalue weighted by atomic mass is 10.2. The first kappa shape index (κ1) is 16.0. The largest absolute Gasteiger partial charge is 0.358 e. The molecule has 0 amide bonds. The topological polar surface area (TPSA) is 44.9 Å². The molecule has 6 heteroatoms. The summed E-state index contributed by atoms with van der Waals surface area (Å²) in [6, 6.07) is 12.2. The summed E-state index contributed by atoms with van der Waals surface area (Å²) in [6.45, 7) is 3.98. The van der Waals surface area contributed by atoms with Gasteiger partial charge in [-0.05, 0) is 31.9 Å². The van der Waals surface area contributed by atoms with Crippen molar-refractivity contribution in [1.29, 1.82) is 5.26 Å². The van der Waals surface area contributed by atoms with Crippen LogP contribution in [0.2, 0.25) is 0 Å². The Kier molecular flexibility index (Phi) is 4.99. The summed E-state index contributed by atoms with van der Waals surface area (Å²) in [5, 5.41) is 14.0.